The van der Waals surface area contributed by atoms with Crippen molar-refractivity contribution in [2.24, 2.45) is 5.14 Å². The smallest absolute Gasteiger partial charge is 0.265 e. The van der Waals surface area contributed by atoms with Gasteiger partial charge in [-0.25, -0.2) is 18.5 Å². The van der Waals surface area contributed by atoms with Crippen LogP contribution in [-0.4, -0.2) is 18.0 Å². The molecule has 0 atom stereocenters. The summed E-state index contributed by atoms with van der Waals surface area (Å²) in [4.78, 5) is 17.0. The summed E-state index contributed by atoms with van der Waals surface area (Å²) in [5, 5.41) is 5.57. The molecule has 22 heavy (non-hydrogen) atoms. The van der Waals surface area contributed by atoms with Crippen LogP contribution in [-0.2, 0) is 10.0 Å². The fourth-order valence-electron chi connectivity index (χ4n) is 2.33. The van der Waals surface area contributed by atoms with Crippen molar-refractivity contribution in [1.82, 2.24) is 9.55 Å². The van der Waals surface area contributed by atoms with E-state index in [-0.39, 0.29) is 10.5 Å². The van der Waals surface area contributed by atoms with E-state index in [0.29, 0.717) is 22.4 Å². The molecule has 1 aromatic heterocycles. The molecule has 112 valence electrons. The largest absolute Gasteiger partial charge is 0.268 e. The average Bonchev–Trinajstić information content (AvgIpc) is 2.47. The second kappa shape index (κ2) is 5.04. The van der Waals surface area contributed by atoms with Gasteiger partial charge in [-0.05, 0) is 43.3 Å². The molecule has 0 unspecified atom stereocenters. The molecule has 7 heteroatoms. The van der Waals surface area contributed by atoms with Gasteiger partial charge in [0.05, 0.1) is 21.5 Å². The van der Waals surface area contributed by atoms with Crippen molar-refractivity contribution in [3.8, 4) is 5.69 Å². The van der Waals surface area contributed by atoms with E-state index in [2.05, 4.69) is 4.98 Å². The molecule has 0 saturated carbocycles. The van der Waals surface area contributed by atoms with E-state index in [1.807, 2.05) is 6.07 Å². The Morgan fingerprint density at radius 3 is 2.32 bits per heavy atom. The summed E-state index contributed by atoms with van der Waals surface area (Å²) in [7, 11) is -3.76. The zero-order valence-electron chi connectivity index (χ0n) is 11.7. The monoisotopic (exact) mass is 315 g/mol. The maximum absolute atomic E-state index is 12.6. The van der Waals surface area contributed by atoms with E-state index in [4.69, 9.17) is 5.14 Å². The molecule has 0 fully saturated rings. The minimum Gasteiger partial charge on any atom is -0.268 e. The first kappa shape index (κ1) is 14.4. The standard InChI is InChI=1S/C15H13N3O3S/c1-10-17-14-5-3-2-4-13(14)15(19)18(10)11-6-8-12(9-7-11)22(16,20)21/h2-9H,1H3,(H2,16,20,21). The molecule has 3 rings (SSSR count). The van der Waals surface area contributed by atoms with Gasteiger partial charge in [0.1, 0.15) is 5.82 Å². The maximum Gasteiger partial charge on any atom is 0.265 e. The summed E-state index contributed by atoms with van der Waals surface area (Å²) in [6.45, 7) is 1.72. The van der Waals surface area contributed by atoms with Crippen molar-refractivity contribution in [2.45, 2.75) is 11.8 Å². The van der Waals surface area contributed by atoms with E-state index in [1.165, 1.54) is 28.8 Å². The number of aryl methyl sites for hydroxylation is 1. The van der Waals surface area contributed by atoms with Gasteiger partial charge in [-0.2, -0.15) is 0 Å². The van der Waals surface area contributed by atoms with Crippen LogP contribution in [0, 0.1) is 6.92 Å². The average molecular weight is 315 g/mol. The van der Waals surface area contributed by atoms with Gasteiger partial charge >= 0.3 is 0 Å². The molecule has 0 saturated heterocycles. The van der Waals surface area contributed by atoms with Crippen LogP contribution in [0.3, 0.4) is 0 Å². The maximum atomic E-state index is 12.6. The van der Waals surface area contributed by atoms with Crippen LogP contribution in [0.1, 0.15) is 5.82 Å². The molecule has 0 spiro atoms. The molecule has 2 N–H and O–H groups in total. The lowest BCUT2D eigenvalue weighted by Gasteiger charge is -2.11. The Labute approximate surface area is 126 Å². The number of primary sulfonamides is 1. The third-order valence-electron chi connectivity index (χ3n) is 3.37. The Kier molecular flexibility index (Phi) is 3.31. The van der Waals surface area contributed by atoms with Crippen molar-refractivity contribution < 1.29 is 8.42 Å². The van der Waals surface area contributed by atoms with Crippen molar-refractivity contribution >= 4 is 20.9 Å². The molecule has 2 aromatic carbocycles. The van der Waals surface area contributed by atoms with Gasteiger partial charge in [0.15, 0.2) is 0 Å². The molecule has 6 nitrogen and oxygen atoms in total. The number of rotatable bonds is 2. The molecule has 0 aliphatic rings. The Morgan fingerprint density at radius 1 is 1.05 bits per heavy atom. The van der Waals surface area contributed by atoms with Crippen molar-refractivity contribution in [3.63, 3.8) is 0 Å². The first-order valence-electron chi connectivity index (χ1n) is 6.49. The number of nitrogens with two attached hydrogens (primary N) is 1. The number of sulfonamides is 1. The predicted molar refractivity (Wildman–Crippen MR) is 83.5 cm³/mol. The number of aromatic nitrogens is 2. The van der Waals surface area contributed by atoms with Crippen LogP contribution in [0.4, 0.5) is 0 Å². The molecule has 0 bridgehead atoms. The van der Waals surface area contributed by atoms with E-state index in [1.54, 1.807) is 25.1 Å². The minimum absolute atomic E-state index is 0.00398. The molecule has 3 aromatic rings. The van der Waals surface area contributed by atoms with Gasteiger partial charge < -0.3 is 0 Å². The highest BCUT2D eigenvalue weighted by Gasteiger charge is 2.11. The summed E-state index contributed by atoms with van der Waals surface area (Å²) in [6.07, 6.45) is 0. The van der Waals surface area contributed by atoms with Gasteiger partial charge in [-0.3, -0.25) is 9.36 Å². The molecule has 0 amide bonds. The molecular formula is C15H13N3O3S. The highest BCUT2D eigenvalue weighted by Crippen LogP contribution is 2.14. The fraction of sp³-hybridized carbons (Fsp3) is 0.0667. The number of para-hydroxylation sites is 1. The second-order valence-corrected chi connectivity index (χ2v) is 6.42. The Balaban J connectivity index is 2.24. The lowest BCUT2D eigenvalue weighted by atomic mass is 10.2. The molecular weight excluding hydrogens is 302 g/mol. The third-order valence-corrected chi connectivity index (χ3v) is 4.30. The molecule has 1 heterocycles. The Bertz CT molecular complexity index is 1020. The van der Waals surface area contributed by atoms with Crippen LogP contribution in [0.25, 0.3) is 16.6 Å². The van der Waals surface area contributed by atoms with Crippen molar-refractivity contribution in [1.29, 1.82) is 0 Å². The Morgan fingerprint density at radius 2 is 1.68 bits per heavy atom. The summed E-state index contributed by atoms with van der Waals surface area (Å²) < 4.78 is 24.0. The molecule has 0 aliphatic carbocycles. The lowest BCUT2D eigenvalue weighted by Crippen LogP contribution is -2.22. The highest BCUT2D eigenvalue weighted by molar-refractivity contribution is 7.89. The highest BCUT2D eigenvalue weighted by atomic mass is 32.2. The second-order valence-electron chi connectivity index (χ2n) is 4.86. The normalized spacial score (nSPS) is 11.7. The van der Waals surface area contributed by atoms with Crippen LogP contribution in [0.2, 0.25) is 0 Å². The predicted octanol–water partition coefficient (Wildman–Crippen LogP) is 1.34. The van der Waals surface area contributed by atoms with Crippen LogP contribution < -0.4 is 10.7 Å². The number of hydrogen-bond acceptors (Lipinski definition) is 4. The lowest BCUT2D eigenvalue weighted by molar-refractivity contribution is 0.598. The molecule has 0 aliphatic heterocycles. The first-order chi connectivity index (χ1) is 10.4. The van der Waals surface area contributed by atoms with Gasteiger partial charge in [0.25, 0.3) is 5.56 Å². The van der Waals surface area contributed by atoms with Gasteiger partial charge in [-0.15, -0.1) is 0 Å². The number of fused-ring (bicyclic) bond motifs is 1. The molecule has 0 radical (unpaired) electrons. The van der Waals surface area contributed by atoms with Crippen molar-refractivity contribution in [2.75, 3.05) is 0 Å². The van der Waals surface area contributed by atoms with Crippen LogP contribution in [0.5, 0.6) is 0 Å². The number of benzene rings is 2. The number of hydrogen-bond donors (Lipinski definition) is 1. The zero-order chi connectivity index (χ0) is 15.9. The van der Waals surface area contributed by atoms with E-state index >= 15 is 0 Å². The van der Waals surface area contributed by atoms with E-state index in [9.17, 15) is 13.2 Å². The van der Waals surface area contributed by atoms with E-state index < -0.39 is 10.0 Å². The zero-order valence-corrected chi connectivity index (χ0v) is 12.5. The van der Waals surface area contributed by atoms with Crippen LogP contribution >= 0.6 is 0 Å². The van der Waals surface area contributed by atoms with Crippen LogP contribution in [0.15, 0.2) is 58.2 Å². The van der Waals surface area contributed by atoms with Gasteiger partial charge in [0.2, 0.25) is 10.0 Å². The van der Waals surface area contributed by atoms with E-state index in [0.717, 1.165) is 0 Å². The summed E-state index contributed by atoms with van der Waals surface area (Å²) in [5.41, 5.74) is 0.960. The summed E-state index contributed by atoms with van der Waals surface area (Å²) in [6, 6.07) is 12.9. The third kappa shape index (κ3) is 2.40. The minimum atomic E-state index is -3.76. The quantitative estimate of drug-likeness (QED) is 0.772. The first-order valence-corrected chi connectivity index (χ1v) is 8.04. The number of nitrogens with zero attached hydrogens (tertiary/aromatic N) is 2. The van der Waals surface area contributed by atoms with Crippen molar-refractivity contribution in [3.05, 3.63) is 64.7 Å². The Hall–Kier alpha value is -2.51. The summed E-state index contributed by atoms with van der Waals surface area (Å²) in [5.74, 6) is 0.520. The topological polar surface area (TPSA) is 95.0 Å². The van der Waals surface area contributed by atoms with Gasteiger partial charge in [-0.1, -0.05) is 12.1 Å². The fourth-order valence-corrected chi connectivity index (χ4v) is 2.85. The summed E-state index contributed by atoms with van der Waals surface area (Å²) >= 11 is 0. The van der Waals surface area contributed by atoms with Gasteiger partial charge in [0, 0.05) is 0 Å². The SMILES string of the molecule is Cc1nc2ccccc2c(=O)n1-c1ccc(S(N)(=O)=O)cc1.